The lowest BCUT2D eigenvalue weighted by atomic mass is 10.2. The van der Waals surface area contributed by atoms with Gasteiger partial charge in [0.15, 0.2) is 5.82 Å². The summed E-state index contributed by atoms with van der Waals surface area (Å²) in [5, 5.41) is 19.5. The molecule has 1 aromatic rings. The molecule has 0 atom stereocenters. The van der Waals surface area contributed by atoms with Crippen LogP contribution in [-0.2, 0) is 0 Å². The highest BCUT2D eigenvalue weighted by atomic mass is 32.1. The van der Waals surface area contributed by atoms with E-state index in [1.54, 1.807) is 0 Å². The standard InChI is InChI=1S/C9H6FNO3S/c10-7-4-6(2-1-3-15)5-8(9(7)12)11(13)14/h4-5,12,15H,3H2. The van der Waals surface area contributed by atoms with Crippen LogP contribution in [0, 0.1) is 27.8 Å². The first kappa shape index (κ1) is 11.3. The van der Waals surface area contributed by atoms with Crippen molar-refractivity contribution < 1.29 is 14.4 Å². The molecule has 0 aliphatic carbocycles. The van der Waals surface area contributed by atoms with E-state index >= 15 is 0 Å². The second kappa shape index (κ2) is 4.66. The normalized spacial score (nSPS) is 9.20. The number of aromatic hydroxyl groups is 1. The minimum Gasteiger partial charge on any atom is -0.500 e. The summed E-state index contributed by atoms with van der Waals surface area (Å²) in [6, 6.07) is 1.94. The Hall–Kier alpha value is -1.74. The summed E-state index contributed by atoms with van der Waals surface area (Å²) in [5.74, 6) is 3.22. The maximum atomic E-state index is 13.0. The molecule has 0 bridgehead atoms. The van der Waals surface area contributed by atoms with E-state index in [1.165, 1.54) is 0 Å². The molecule has 0 aromatic heterocycles. The van der Waals surface area contributed by atoms with Gasteiger partial charge in [0.2, 0.25) is 5.75 Å². The Morgan fingerprint density at radius 3 is 2.80 bits per heavy atom. The number of nitro benzene ring substituents is 1. The third kappa shape index (κ3) is 2.60. The van der Waals surface area contributed by atoms with Crippen molar-refractivity contribution in [3.63, 3.8) is 0 Å². The van der Waals surface area contributed by atoms with Gasteiger partial charge in [0.25, 0.3) is 0 Å². The lowest BCUT2D eigenvalue weighted by Crippen LogP contribution is -1.92. The van der Waals surface area contributed by atoms with E-state index in [-0.39, 0.29) is 11.3 Å². The molecule has 0 unspecified atom stereocenters. The van der Waals surface area contributed by atoms with Crippen molar-refractivity contribution in [3.8, 4) is 17.6 Å². The first-order valence-corrected chi connectivity index (χ1v) is 4.46. The van der Waals surface area contributed by atoms with E-state index in [1.807, 2.05) is 0 Å². The third-order valence-electron chi connectivity index (χ3n) is 1.55. The van der Waals surface area contributed by atoms with Gasteiger partial charge >= 0.3 is 5.69 Å². The van der Waals surface area contributed by atoms with Crippen LogP contribution >= 0.6 is 12.6 Å². The Kier molecular flexibility index (Phi) is 3.52. The van der Waals surface area contributed by atoms with Crippen molar-refractivity contribution in [1.29, 1.82) is 0 Å². The molecule has 1 rings (SSSR count). The number of nitrogens with zero attached hydrogens (tertiary/aromatic N) is 1. The Labute approximate surface area is 90.3 Å². The molecule has 0 fully saturated rings. The highest BCUT2D eigenvalue weighted by molar-refractivity contribution is 7.80. The Morgan fingerprint density at radius 1 is 1.60 bits per heavy atom. The van der Waals surface area contributed by atoms with Crippen molar-refractivity contribution >= 4 is 18.3 Å². The van der Waals surface area contributed by atoms with E-state index in [4.69, 9.17) is 5.11 Å². The SMILES string of the molecule is O=[N+]([O-])c1cc(C#CCS)cc(F)c1O. The van der Waals surface area contributed by atoms with Gasteiger partial charge in [-0.25, -0.2) is 4.39 Å². The molecule has 15 heavy (non-hydrogen) atoms. The number of thiol groups is 1. The van der Waals surface area contributed by atoms with Gasteiger partial charge < -0.3 is 5.11 Å². The number of benzene rings is 1. The topological polar surface area (TPSA) is 63.4 Å². The molecule has 0 saturated carbocycles. The Morgan fingerprint density at radius 2 is 2.27 bits per heavy atom. The fourth-order valence-corrected chi connectivity index (χ4v) is 1.02. The average Bonchev–Trinajstić information content (AvgIpc) is 2.19. The van der Waals surface area contributed by atoms with Crippen LogP contribution in [0.4, 0.5) is 10.1 Å². The van der Waals surface area contributed by atoms with Gasteiger partial charge in [-0.15, -0.1) is 0 Å². The summed E-state index contributed by atoms with van der Waals surface area (Å²) in [7, 11) is 0. The summed E-state index contributed by atoms with van der Waals surface area (Å²) < 4.78 is 13.0. The zero-order valence-corrected chi connectivity index (χ0v) is 8.29. The molecule has 1 aromatic carbocycles. The highest BCUT2D eigenvalue weighted by Crippen LogP contribution is 2.29. The van der Waals surface area contributed by atoms with E-state index in [0.29, 0.717) is 0 Å². The number of phenolic OH excluding ortho intramolecular Hbond substituents is 1. The highest BCUT2D eigenvalue weighted by Gasteiger charge is 2.18. The van der Waals surface area contributed by atoms with Crippen molar-refractivity contribution in [2.24, 2.45) is 0 Å². The fourth-order valence-electron chi connectivity index (χ4n) is 0.937. The largest absolute Gasteiger partial charge is 0.500 e. The van der Waals surface area contributed by atoms with Crippen LogP contribution in [0.5, 0.6) is 5.75 Å². The van der Waals surface area contributed by atoms with Crippen LogP contribution in [0.1, 0.15) is 5.56 Å². The van der Waals surface area contributed by atoms with Gasteiger partial charge in [0, 0.05) is 11.6 Å². The number of phenols is 1. The fraction of sp³-hybridized carbons (Fsp3) is 0.111. The lowest BCUT2D eigenvalue weighted by molar-refractivity contribution is -0.386. The molecule has 4 nitrogen and oxygen atoms in total. The maximum absolute atomic E-state index is 13.0. The molecular formula is C9H6FNO3S. The zero-order chi connectivity index (χ0) is 11.4. The van der Waals surface area contributed by atoms with E-state index in [9.17, 15) is 14.5 Å². The lowest BCUT2D eigenvalue weighted by Gasteiger charge is -1.98. The van der Waals surface area contributed by atoms with Crippen LogP contribution in [-0.4, -0.2) is 15.8 Å². The van der Waals surface area contributed by atoms with Gasteiger partial charge in [-0.05, 0) is 6.07 Å². The maximum Gasteiger partial charge on any atom is 0.315 e. The van der Waals surface area contributed by atoms with Gasteiger partial charge in [0.1, 0.15) is 0 Å². The second-order valence-corrected chi connectivity index (χ2v) is 2.86. The van der Waals surface area contributed by atoms with Gasteiger partial charge in [-0.1, -0.05) is 11.8 Å². The molecule has 0 radical (unpaired) electrons. The molecule has 1 N–H and O–H groups in total. The molecule has 78 valence electrons. The number of rotatable bonds is 1. The monoisotopic (exact) mass is 227 g/mol. The van der Waals surface area contributed by atoms with Crippen molar-refractivity contribution in [2.45, 2.75) is 0 Å². The molecule has 0 amide bonds. The molecule has 0 heterocycles. The zero-order valence-electron chi connectivity index (χ0n) is 7.40. The molecule has 0 saturated heterocycles. The summed E-state index contributed by atoms with van der Waals surface area (Å²) >= 11 is 3.81. The van der Waals surface area contributed by atoms with Crippen LogP contribution in [0.2, 0.25) is 0 Å². The van der Waals surface area contributed by atoms with Crippen LogP contribution in [0.15, 0.2) is 12.1 Å². The van der Waals surface area contributed by atoms with Crippen molar-refractivity contribution in [1.82, 2.24) is 0 Å². The van der Waals surface area contributed by atoms with Crippen molar-refractivity contribution in [2.75, 3.05) is 5.75 Å². The predicted octanol–water partition coefficient (Wildman–Crippen LogP) is 1.72. The second-order valence-electron chi connectivity index (χ2n) is 2.54. The molecule has 0 aliphatic rings. The summed E-state index contributed by atoms with van der Waals surface area (Å²) in [4.78, 5) is 9.54. The molecule has 0 spiro atoms. The van der Waals surface area contributed by atoms with Gasteiger partial charge in [0.05, 0.1) is 10.7 Å². The predicted molar refractivity (Wildman–Crippen MR) is 55.5 cm³/mol. The van der Waals surface area contributed by atoms with Crippen LogP contribution in [0.25, 0.3) is 0 Å². The number of hydrogen-bond donors (Lipinski definition) is 2. The molecule has 6 heteroatoms. The first-order valence-electron chi connectivity index (χ1n) is 3.83. The van der Waals surface area contributed by atoms with Crippen molar-refractivity contribution in [3.05, 3.63) is 33.6 Å². The molecule has 0 aliphatic heterocycles. The smallest absolute Gasteiger partial charge is 0.315 e. The summed E-state index contributed by atoms with van der Waals surface area (Å²) in [6.45, 7) is 0. The summed E-state index contributed by atoms with van der Waals surface area (Å²) in [5.41, 5.74) is -0.565. The summed E-state index contributed by atoms with van der Waals surface area (Å²) in [6.07, 6.45) is 0. The number of nitro groups is 1. The van der Waals surface area contributed by atoms with E-state index in [0.717, 1.165) is 12.1 Å². The number of hydrogen-bond acceptors (Lipinski definition) is 4. The van der Waals surface area contributed by atoms with E-state index < -0.39 is 22.2 Å². The van der Waals surface area contributed by atoms with Gasteiger partial charge in [-0.3, -0.25) is 10.1 Å². The number of halogens is 1. The minimum atomic E-state index is -1.06. The first-order chi connectivity index (χ1) is 7.06. The van der Waals surface area contributed by atoms with Crippen LogP contribution in [0.3, 0.4) is 0 Å². The van der Waals surface area contributed by atoms with E-state index in [2.05, 4.69) is 24.5 Å². The Bertz CT molecular complexity index is 464. The molecular weight excluding hydrogens is 221 g/mol. The average molecular weight is 227 g/mol. The quantitative estimate of drug-likeness (QED) is 0.332. The van der Waals surface area contributed by atoms with Crippen LogP contribution < -0.4 is 0 Å². The van der Waals surface area contributed by atoms with Gasteiger partial charge in [-0.2, -0.15) is 12.6 Å². The third-order valence-corrected chi connectivity index (χ3v) is 1.71. The Balaban J connectivity index is 3.29. The minimum absolute atomic E-state index is 0.131.